The first-order valence-electron chi connectivity index (χ1n) is 9.87. The monoisotopic (exact) mass is 372 g/mol. The Bertz CT molecular complexity index is 906. The molecule has 1 heterocycles. The molecular formula is C23H26N5+. The molecule has 2 N–H and O–H groups in total. The average Bonchev–Trinajstić information content (AvgIpc) is 2.72. The van der Waals surface area contributed by atoms with E-state index in [-0.39, 0.29) is 11.6 Å². The van der Waals surface area contributed by atoms with Gasteiger partial charge in [0, 0.05) is 11.8 Å². The zero-order valence-corrected chi connectivity index (χ0v) is 16.7. The van der Waals surface area contributed by atoms with Crippen LogP contribution in [-0.2, 0) is 0 Å². The van der Waals surface area contributed by atoms with Crippen LogP contribution in [0.1, 0.15) is 43.7 Å². The van der Waals surface area contributed by atoms with Gasteiger partial charge in [0.15, 0.2) is 5.41 Å². The molecule has 0 saturated heterocycles. The van der Waals surface area contributed by atoms with Crippen LogP contribution < -0.4 is 4.90 Å². The van der Waals surface area contributed by atoms with Gasteiger partial charge in [0.1, 0.15) is 5.92 Å². The Morgan fingerprint density at radius 3 is 2.32 bits per heavy atom. The third kappa shape index (κ3) is 2.91. The maximum atomic E-state index is 10.1. The predicted molar refractivity (Wildman–Crippen MR) is 107 cm³/mol. The number of benzene rings is 1. The van der Waals surface area contributed by atoms with E-state index in [0.29, 0.717) is 5.92 Å². The molecule has 28 heavy (non-hydrogen) atoms. The lowest BCUT2D eigenvalue weighted by Crippen LogP contribution is -3.13. The summed E-state index contributed by atoms with van der Waals surface area (Å²) >= 11 is 0. The SMILES string of the molecule is CC[NH+]1CC=C2C(C#N)C(=N)C(C#N)(C#N)[C@@H](c3ccc(C(C)C)cc3)[C@H]2C1. The third-order valence-electron chi connectivity index (χ3n) is 6.42. The fraction of sp³-hybridized carbons (Fsp3) is 0.478. The van der Waals surface area contributed by atoms with Crippen molar-refractivity contribution in [1.82, 2.24) is 0 Å². The quantitative estimate of drug-likeness (QED) is 0.798. The van der Waals surface area contributed by atoms with Crippen LogP contribution in [0.4, 0.5) is 0 Å². The molecule has 5 nitrogen and oxygen atoms in total. The van der Waals surface area contributed by atoms with Crippen LogP contribution in [0, 0.1) is 56.7 Å². The van der Waals surface area contributed by atoms with Gasteiger partial charge in [-0.2, -0.15) is 15.8 Å². The van der Waals surface area contributed by atoms with E-state index in [2.05, 4.69) is 57.2 Å². The summed E-state index contributed by atoms with van der Waals surface area (Å²) in [7, 11) is 0. The zero-order chi connectivity index (χ0) is 20.5. The first kappa shape index (κ1) is 19.8. The second-order valence-corrected chi connectivity index (χ2v) is 8.13. The molecule has 2 unspecified atom stereocenters. The van der Waals surface area contributed by atoms with E-state index >= 15 is 0 Å². The van der Waals surface area contributed by atoms with Crippen molar-refractivity contribution in [3.8, 4) is 18.2 Å². The molecule has 1 aliphatic heterocycles. The molecule has 1 saturated carbocycles. The molecule has 1 aliphatic carbocycles. The molecule has 142 valence electrons. The van der Waals surface area contributed by atoms with Gasteiger partial charge in [0.25, 0.3) is 0 Å². The largest absolute Gasteiger partial charge is 0.331 e. The smallest absolute Gasteiger partial charge is 0.189 e. The number of nitriles is 3. The van der Waals surface area contributed by atoms with Crippen molar-refractivity contribution in [2.45, 2.75) is 32.6 Å². The van der Waals surface area contributed by atoms with Gasteiger partial charge in [-0.25, -0.2) is 0 Å². The van der Waals surface area contributed by atoms with Crippen molar-refractivity contribution >= 4 is 5.71 Å². The minimum Gasteiger partial charge on any atom is -0.331 e. The first-order chi connectivity index (χ1) is 13.4. The highest BCUT2D eigenvalue weighted by molar-refractivity contribution is 6.00. The minimum absolute atomic E-state index is 0.0691. The van der Waals surface area contributed by atoms with Gasteiger partial charge in [-0.05, 0) is 35.6 Å². The van der Waals surface area contributed by atoms with Crippen LogP contribution >= 0.6 is 0 Å². The molecule has 5 heteroatoms. The fourth-order valence-electron chi connectivity index (χ4n) is 4.71. The van der Waals surface area contributed by atoms with Gasteiger partial charge in [-0.3, -0.25) is 0 Å². The van der Waals surface area contributed by atoms with E-state index in [0.717, 1.165) is 30.8 Å². The van der Waals surface area contributed by atoms with Crippen LogP contribution in [-0.4, -0.2) is 25.3 Å². The summed E-state index contributed by atoms with van der Waals surface area (Å²) in [6.45, 7) is 8.91. The summed E-state index contributed by atoms with van der Waals surface area (Å²) < 4.78 is 0. The van der Waals surface area contributed by atoms with E-state index in [1.54, 1.807) is 0 Å². The van der Waals surface area contributed by atoms with Crippen molar-refractivity contribution in [1.29, 1.82) is 21.2 Å². The summed E-state index contributed by atoms with van der Waals surface area (Å²) in [5.41, 5.74) is 1.34. The number of likely N-dealkylation sites (N-methyl/N-ethyl adjacent to an activating group) is 1. The Morgan fingerprint density at radius 2 is 1.82 bits per heavy atom. The van der Waals surface area contributed by atoms with E-state index in [9.17, 15) is 15.8 Å². The average molecular weight is 372 g/mol. The second-order valence-electron chi connectivity index (χ2n) is 8.13. The van der Waals surface area contributed by atoms with E-state index in [1.807, 2.05) is 12.1 Å². The summed E-state index contributed by atoms with van der Waals surface area (Å²) in [6, 6.07) is 14.6. The molecule has 3 rings (SSSR count). The molecule has 4 atom stereocenters. The summed E-state index contributed by atoms with van der Waals surface area (Å²) in [4.78, 5) is 1.37. The van der Waals surface area contributed by atoms with Crippen LogP contribution in [0.25, 0.3) is 0 Å². The topological polar surface area (TPSA) is 99.7 Å². The number of hydrogen-bond donors (Lipinski definition) is 2. The second kappa shape index (κ2) is 7.59. The van der Waals surface area contributed by atoms with E-state index in [4.69, 9.17) is 5.41 Å². The number of nitrogens with zero attached hydrogens (tertiary/aromatic N) is 3. The Balaban J connectivity index is 2.20. The Kier molecular flexibility index (Phi) is 5.37. The minimum atomic E-state index is -1.61. The zero-order valence-electron chi connectivity index (χ0n) is 16.7. The highest BCUT2D eigenvalue weighted by atomic mass is 15.1. The Hall–Kier alpha value is -2.94. The van der Waals surface area contributed by atoms with Gasteiger partial charge in [-0.1, -0.05) is 38.1 Å². The van der Waals surface area contributed by atoms with Gasteiger partial charge < -0.3 is 10.3 Å². The Labute approximate surface area is 167 Å². The van der Waals surface area contributed by atoms with E-state index < -0.39 is 17.3 Å². The molecule has 1 aromatic carbocycles. The van der Waals surface area contributed by atoms with Crippen molar-refractivity contribution in [3.05, 3.63) is 47.0 Å². The van der Waals surface area contributed by atoms with Crippen molar-refractivity contribution in [3.63, 3.8) is 0 Å². The molecule has 0 amide bonds. The first-order valence-corrected chi connectivity index (χ1v) is 9.87. The number of nitrogens with one attached hydrogen (secondary N) is 2. The molecular weight excluding hydrogens is 346 g/mol. The number of quaternary nitrogens is 1. The molecule has 0 aromatic heterocycles. The third-order valence-corrected chi connectivity index (χ3v) is 6.42. The molecule has 1 fully saturated rings. The van der Waals surface area contributed by atoms with Crippen molar-refractivity contribution in [2.24, 2.45) is 17.3 Å². The summed E-state index contributed by atoms with van der Waals surface area (Å²) in [5, 5.41) is 38.5. The number of fused-ring (bicyclic) bond motifs is 1. The maximum absolute atomic E-state index is 10.1. The van der Waals surface area contributed by atoms with E-state index in [1.165, 1.54) is 10.5 Å². The summed E-state index contributed by atoms with van der Waals surface area (Å²) in [5.74, 6) is -0.919. The summed E-state index contributed by atoms with van der Waals surface area (Å²) in [6.07, 6.45) is 2.07. The van der Waals surface area contributed by atoms with Crippen LogP contribution in [0.5, 0.6) is 0 Å². The molecule has 0 spiro atoms. The number of rotatable bonds is 3. The standard InChI is InChI=1S/C23H25N5/c1-4-28-10-9-18-19(11-24)22(27)23(13-25,14-26)21(20(18)12-28)17-7-5-16(6-8-17)15(2)3/h5-9,15,19-21,27H,4,10,12H2,1-3H3/p+1/t19?,20-,21-/m0/s1. The van der Waals surface area contributed by atoms with Crippen LogP contribution in [0.3, 0.4) is 0 Å². The van der Waals surface area contributed by atoms with Crippen LogP contribution in [0.15, 0.2) is 35.9 Å². The maximum Gasteiger partial charge on any atom is 0.189 e. The lowest BCUT2D eigenvalue weighted by atomic mass is 9.54. The normalized spacial score (nSPS) is 28.5. The molecule has 0 radical (unpaired) electrons. The number of hydrogen-bond acceptors (Lipinski definition) is 4. The highest BCUT2D eigenvalue weighted by Crippen LogP contribution is 2.52. The van der Waals surface area contributed by atoms with Crippen LogP contribution in [0.2, 0.25) is 0 Å². The molecule has 1 aromatic rings. The lowest BCUT2D eigenvalue weighted by Gasteiger charge is -2.46. The van der Waals surface area contributed by atoms with Gasteiger partial charge in [-0.15, -0.1) is 0 Å². The molecule has 2 aliphatic rings. The molecule has 0 bridgehead atoms. The predicted octanol–water partition coefficient (Wildman–Crippen LogP) is 2.56. The van der Waals surface area contributed by atoms with Gasteiger partial charge in [0.05, 0.1) is 43.6 Å². The van der Waals surface area contributed by atoms with Crippen molar-refractivity contribution < 1.29 is 4.90 Å². The van der Waals surface area contributed by atoms with Gasteiger partial charge in [0.2, 0.25) is 0 Å². The lowest BCUT2D eigenvalue weighted by molar-refractivity contribution is -0.897. The highest BCUT2D eigenvalue weighted by Gasteiger charge is 2.58. The van der Waals surface area contributed by atoms with Gasteiger partial charge >= 0.3 is 0 Å². The fourth-order valence-corrected chi connectivity index (χ4v) is 4.71. The Morgan fingerprint density at radius 1 is 1.18 bits per heavy atom. The van der Waals surface area contributed by atoms with Crippen molar-refractivity contribution in [2.75, 3.05) is 19.6 Å².